The lowest BCUT2D eigenvalue weighted by molar-refractivity contribution is -0.142. The molecule has 0 saturated carbocycles. The SMILES string of the molecule is COc1cc(C[C@H](N)CNc2ncc(-c3ccc4cnccc4c3)s2)cnc1C(F)(F)F. The number of benzene rings is 1. The maximum atomic E-state index is 13.0. The van der Waals surface area contributed by atoms with Crippen LogP contribution in [0.4, 0.5) is 18.3 Å². The summed E-state index contributed by atoms with van der Waals surface area (Å²) in [4.78, 5) is 13.0. The number of methoxy groups -OCH3 is 1. The Hall–Kier alpha value is -3.24. The Bertz CT molecular complexity index is 1230. The van der Waals surface area contributed by atoms with E-state index in [4.69, 9.17) is 10.5 Å². The van der Waals surface area contributed by atoms with Crippen LogP contribution in [0.25, 0.3) is 21.2 Å². The average Bonchev–Trinajstić information content (AvgIpc) is 3.25. The molecule has 3 N–H and O–H groups in total. The molecule has 10 heteroatoms. The minimum absolute atomic E-state index is 0.314. The smallest absolute Gasteiger partial charge is 0.437 e. The first-order valence-corrected chi connectivity index (χ1v) is 10.5. The van der Waals surface area contributed by atoms with Gasteiger partial charge in [0.05, 0.1) is 12.0 Å². The molecule has 32 heavy (non-hydrogen) atoms. The van der Waals surface area contributed by atoms with Crippen LogP contribution in [0.3, 0.4) is 0 Å². The van der Waals surface area contributed by atoms with Gasteiger partial charge >= 0.3 is 6.18 Å². The largest absolute Gasteiger partial charge is 0.494 e. The van der Waals surface area contributed by atoms with Gasteiger partial charge in [-0.2, -0.15) is 13.2 Å². The molecule has 1 aromatic carbocycles. The number of nitrogens with zero attached hydrogens (tertiary/aromatic N) is 3. The maximum absolute atomic E-state index is 13.0. The number of rotatable bonds is 7. The summed E-state index contributed by atoms with van der Waals surface area (Å²) in [6.07, 6.45) is 2.33. The molecule has 0 aliphatic heterocycles. The first kappa shape index (κ1) is 22.0. The van der Waals surface area contributed by atoms with Crippen LogP contribution in [0, 0.1) is 0 Å². The molecule has 4 rings (SSSR count). The molecule has 166 valence electrons. The van der Waals surface area contributed by atoms with Crippen LogP contribution in [0.1, 0.15) is 11.3 Å². The number of ether oxygens (including phenoxy) is 1. The van der Waals surface area contributed by atoms with Gasteiger partial charge < -0.3 is 15.8 Å². The Kier molecular flexibility index (Phi) is 6.24. The van der Waals surface area contributed by atoms with E-state index < -0.39 is 11.9 Å². The molecule has 0 spiro atoms. The van der Waals surface area contributed by atoms with Crippen LogP contribution in [0.2, 0.25) is 0 Å². The molecular weight excluding hydrogens is 439 g/mol. The van der Waals surface area contributed by atoms with E-state index in [0.717, 1.165) is 21.2 Å². The lowest BCUT2D eigenvalue weighted by Crippen LogP contribution is -2.31. The Labute approximate surface area is 186 Å². The van der Waals surface area contributed by atoms with Gasteiger partial charge in [0, 0.05) is 42.8 Å². The summed E-state index contributed by atoms with van der Waals surface area (Å²) in [5, 5.41) is 6.08. The van der Waals surface area contributed by atoms with Crippen molar-refractivity contribution in [3.63, 3.8) is 0 Å². The number of anilines is 1. The number of aromatic nitrogens is 3. The topological polar surface area (TPSA) is 86.0 Å². The van der Waals surface area contributed by atoms with Gasteiger partial charge in [0.25, 0.3) is 0 Å². The molecule has 4 aromatic rings. The van der Waals surface area contributed by atoms with Gasteiger partial charge in [0.15, 0.2) is 10.8 Å². The van der Waals surface area contributed by atoms with E-state index in [9.17, 15) is 13.2 Å². The van der Waals surface area contributed by atoms with Gasteiger partial charge in [-0.15, -0.1) is 0 Å². The molecule has 0 bridgehead atoms. The zero-order chi connectivity index (χ0) is 22.7. The fourth-order valence-corrected chi connectivity index (χ4v) is 4.10. The van der Waals surface area contributed by atoms with Crippen molar-refractivity contribution < 1.29 is 17.9 Å². The molecule has 0 aliphatic rings. The van der Waals surface area contributed by atoms with Crippen molar-refractivity contribution in [3.8, 4) is 16.2 Å². The predicted octanol–water partition coefficient (Wildman–Crippen LogP) is 4.76. The number of alkyl halides is 3. The van der Waals surface area contributed by atoms with Crippen molar-refractivity contribution in [2.45, 2.75) is 18.6 Å². The third-order valence-corrected chi connectivity index (χ3v) is 5.85. The lowest BCUT2D eigenvalue weighted by atomic mass is 10.1. The van der Waals surface area contributed by atoms with Gasteiger partial charge in [-0.25, -0.2) is 9.97 Å². The van der Waals surface area contributed by atoms with Gasteiger partial charge in [0.1, 0.15) is 5.75 Å². The number of fused-ring (bicyclic) bond motifs is 1. The summed E-state index contributed by atoms with van der Waals surface area (Å²) in [7, 11) is 1.18. The molecule has 0 fully saturated rings. The van der Waals surface area contributed by atoms with Crippen LogP contribution in [-0.4, -0.2) is 34.6 Å². The van der Waals surface area contributed by atoms with Crippen LogP contribution in [-0.2, 0) is 12.6 Å². The number of hydrogen-bond donors (Lipinski definition) is 2. The Balaban J connectivity index is 1.38. The highest BCUT2D eigenvalue weighted by molar-refractivity contribution is 7.18. The van der Waals surface area contributed by atoms with Crippen molar-refractivity contribution in [1.82, 2.24) is 15.0 Å². The Morgan fingerprint density at radius 1 is 1.09 bits per heavy atom. The number of nitrogens with two attached hydrogens (primary N) is 1. The Morgan fingerprint density at radius 3 is 2.72 bits per heavy atom. The van der Waals surface area contributed by atoms with Crippen LogP contribution in [0.15, 0.2) is 55.1 Å². The molecule has 0 unspecified atom stereocenters. The highest BCUT2D eigenvalue weighted by Gasteiger charge is 2.36. The molecule has 1 atom stereocenters. The fourth-order valence-electron chi connectivity index (χ4n) is 3.28. The quantitative estimate of drug-likeness (QED) is 0.414. The second kappa shape index (κ2) is 9.09. The summed E-state index contributed by atoms with van der Waals surface area (Å²) < 4.78 is 43.7. The first-order chi connectivity index (χ1) is 15.3. The maximum Gasteiger partial charge on any atom is 0.437 e. The van der Waals surface area contributed by atoms with Crippen molar-refractivity contribution in [3.05, 3.63) is 66.4 Å². The first-order valence-electron chi connectivity index (χ1n) is 9.73. The minimum Gasteiger partial charge on any atom is -0.494 e. The summed E-state index contributed by atoms with van der Waals surface area (Å²) in [6.45, 7) is 0.402. The van der Waals surface area contributed by atoms with E-state index in [1.54, 1.807) is 12.4 Å². The third kappa shape index (κ3) is 4.97. The van der Waals surface area contributed by atoms with Gasteiger partial charge in [-0.05, 0) is 41.1 Å². The van der Waals surface area contributed by atoms with E-state index in [0.29, 0.717) is 23.7 Å². The predicted molar refractivity (Wildman–Crippen MR) is 119 cm³/mol. The van der Waals surface area contributed by atoms with Crippen molar-refractivity contribution in [2.75, 3.05) is 19.0 Å². The molecule has 3 heterocycles. The molecule has 0 radical (unpaired) electrons. The van der Waals surface area contributed by atoms with E-state index in [1.165, 1.54) is 30.7 Å². The molecular formula is C22H20F3N5OS. The summed E-state index contributed by atoms with van der Waals surface area (Å²) in [5.74, 6) is -0.314. The highest BCUT2D eigenvalue weighted by Crippen LogP contribution is 2.35. The van der Waals surface area contributed by atoms with Gasteiger partial charge in [-0.1, -0.05) is 23.5 Å². The summed E-state index contributed by atoms with van der Waals surface area (Å²) >= 11 is 1.50. The molecule has 3 aromatic heterocycles. The van der Waals surface area contributed by atoms with E-state index >= 15 is 0 Å². The normalized spacial score (nSPS) is 12.7. The van der Waals surface area contributed by atoms with Crippen molar-refractivity contribution in [1.29, 1.82) is 0 Å². The second-order valence-corrected chi connectivity index (χ2v) is 8.24. The monoisotopic (exact) mass is 459 g/mol. The number of halogens is 3. The summed E-state index contributed by atoms with van der Waals surface area (Å²) in [6, 6.07) is 9.07. The molecule has 0 aliphatic carbocycles. The van der Waals surface area contributed by atoms with Crippen LogP contribution < -0.4 is 15.8 Å². The second-order valence-electron chi connectivity index (χ2n) is 7.20. The highest BCUT2D eigenvalue weighted by atomic mass is 32.1. The van der Waals surface area contributed by atoms with E-state index in [-0.39, 0.29) is 11.8 Å². The molecule has 0 amide bonds. The van der Waals surface area contributed by atoms with Crippen LogP contribution >= 0.6 is 11.3 Å². The third-order valence-electron chi connectivity index (χ3n) is 4.84. The van der Waals surface area contributed by atoms with Crippen molar-refractivity contribution >= 4 is 27.2 Å². The Morgan fingerprint density at radius 2 is 1.94 bits per heavy atom. The van der Waals surface area contributed by atoms with Gasteiger partial charge in [0.2, 0.25) is 0 Å². The number of thiazole rings is 1. The lowest BCUT2D eigenvalue weighted by Gasteiger charge is -2.15. The zero-order valence-electron chi connectivity index (χ0n) is 17.1. The van der Waals surface area contributed by atoms with Gasteiger partial charge in [-0.3, -0.25) is 4.98 Å². The summed E-state index contributed by atoms with van der Waals surface area (Å²) in [5.41, 5.74) is 6.74. The molecule has 6 nitrogen and oxygen atoms in total. The standard InChI is InChI=1S/C22H20F3N5OS/c1-31-18-7-13(9-28-20(18)22(23,24)25)6-17(26)11-29-21-30-12-19(32-21)15-2-3-16-10-27-5-4-14(16)8-15/h2-5,7-10,12,17H,6,11,26H2,1H3,(H,29,30)/t17-/m0/s1. The number of pyridine rings is 2. The average molecular weight is 459 g/mol. The fraction of sp³-hybridized carbons (Fsp3) is 0.227. The van der Waals surface area contributed by atoms with Crippen LogP contribution in [0.5, 0.6) is 5.75 Å². The number of nitrogens with one attached hydrogen (secondary N) is 1. The minimum atomic E-state index is -4.57. The molecule has 0 saturated heterocycles. The zero-order valence-corrected chi connectivity index (χ0v) is 17.9. The van der Waals surface area contributed by atoms with Crippen molar-refractivity contribution in [2.24, 2.45) is 5.73 Å². The van der Waals surface area contributed by atoms with E-state index in [2.05, 4.69) is 26.3 Å². The van der Waals surface area contributed by atoms with E-state index in [1.807, 2.05) is 24.4 Å². The number of hydrogen-bond acceptors (Lipinski definition) is 7.